The third-order valence-corrected chi connectivity index (χ3v) is 0.579. The summed E-state index contributed by atoms with van der Waals surface area (Å²) in [5, 5.41) is 8.12. The summed E-state index contributed by atoms with van der Waals surface area (Å²) in [5.74, 6) is -1.42. The Kier molecular flexibility index (Phi) is 2.61. The van der Waals surface area contributed by atoms with Crippen LogP contribution in [0.3, 0.4) is 0 Å². The largest absolute Gasteiger partial charge is 0.476 e. The molecule has 0 radical (unpaired) electrons. The van der Waals surface area contributed by atoms with Crippen molar-refractivity contribution in [1.29, 1.82) is 0 Å². The van der Waals surface area contributed by atoms with Gasteiger partial charge in [0.05, 0.1) is 7.11 Å². The molecule has 0 rings (SSSR count). The van der Waals surface area contributed by atoms with Gasteiger partial charge in [-0.2, -0.15) is 0 Å². The minimum absolute atomic E-state index is 0.273. The van der Waals surface area contributed by atoms with Crippen LogP contribution in [-0.4, -0.2) is 31.1 Å². The number of aliphatic carboxylic acids is 1. The lowest BCUT2D eigenvalue weighted by molar-refractivity contribution is -0.130. The minimum Gasteiger partial charge on any atom is -0.476 e. The molecule has 0 saturated heterocycles. The van der Waals surface area contributed by atoms with E-state index in [9.17, 15) is 4.79 Å². The molecule has 0 saturated carbocycles. The molecule has 0 amide bonds. The van der Waals surface area contributed by atoms with Gasteiger partial charge in [0.25, 0.3) is 5.90 Å². The van der Waals surface area contributed by atoms with Crippen molar-refractivity contribution in [2.75, 3.05) is 14.2 Å². The fourth-order valence-corrected chi connectivity index (χ4v) is 0.274. The van der Waals surface area contributed by atoms with E-state index in [-0.39, 0.29) is 5.90 Å². The molecule has 4 heteroatoms. The van der Waals surface area contributed by atoms with Crippen molar-refractivity contribution in [2.24, 2.45) is 4.99 Å². The first-order valence-corrected chi connectivity index (χ1v) is 1.96. The highest BCUT2D eigenvalue weighted by molar-refractivity contribution is 6.31. The van der Waals surface area contributed by atoms with Gasteiger partial charge in [-0.25, -0.2) is 9.79 Å². The molecule has 0 bridgehead atoms. The third-order valence-electron chi connectivity index (χ3n) is 0.579. The number of aliphatic imine (C=N–C) groups is 1. The SMILES string of the molecule is CN=C(OC)C(=O)O. The van der Waals surface area contributed by atoms with Gasteiger partial charge >= 0.3 is 5.97 Å². The summed E-state index contributed by atoms with van der Waals surface area (Å²) in [6.07, 6.45) is 0. The first kappa shape index (κ1) is 6.94. The van der Waals surface area contributed by atoms with E-state index in [1.54, 1.807) is 0 Å². The zero-order chi connectivity index (χ0) is 6.57. The molecule has 1 N–H and O–H groups in total. The lowest BCUT2D eigenvalue weighted by Gasteiger charge is -1.93. The third kappa shape index (κ3) is 1.59. The predicted molar refractivity (Wildman–Crippen MR) is 28.0 cm³/mol. The van der Waals surface area contributed by atoms with Crippen LogP contribution in [0.25, 0.3) is 0 Å². The highest BCUT2D eigenvalue weighted by atomic mass is 16.5. The zero-order valence-corrected chi connectivity index (χ0v) is 4.71. The quantitative estimate of drug-likeness (QED) is 0.351. The van der Waals surface area contributed by atoms with Crippen molar-refractivity contribution in [3.8, 4) is 0 Å². The second-order valence-corrected chi connectivity index (χ2v) is 1.04. The zero-order valence-electron chi connectivity index (χ0n) is 4.71. The van der Waals surface area contributed by atoms with Crippen molar-refractivity contribution >= 4 is 11.9 Å². The smallest absolute Gasteiger partial charge is 0.391 e. The van der Waals surface area contributed by atoms with Gasteiger partial charge in [-0.3, -0.25) is 0 Å². The van der Waals surface area contributed by atoms with E-state index in [1.807, 2.05) is 0 Å². The van der Waals surface area contributed by atoms with Gasteiger partial charge in [-0.05, 0) is 0 Å². The molecule has 0 aromatic heterocycles. The lowest BCUT2D eigenvalue weighted by atomic mass is 10.7. The lowest BCUT2D eigenvalue weighted by Crippen LogP contribution is -2.14. The second kappa shape index (κ2) is 3.01. The molecule has 0 aromatic carbocycles. The number of hydrogen-bond acceptors (Lipinski definition) is 3. The number of carboxylic acid groups (broad SMARTS) is 1. The molecule has 8 heavy (non-hydrogen) atoms. The number of hydrogen-bond donors (Lipinski definition) is 1. The van der Waals surface area contributed by atoms with Gasteiger partial charge in [0, 0.05) is 7.05 Å². The highest BCUT2D eigenvalue weighted by Crippen LogP contribution is 1.75. The van der Waals surface area contributed by atoms with Crippen molar-refractivity contribution < 1.29 is 14.6 Å². The van der Waals surface area contributed by atoms with Crippen LogP contribution in [0.5, 0.6) is 0 Å². The Morgan fingerprint density at radius 3 is 2.25 bits per heavy atom. The Bertz CT molecular complexity index is 118. The van der Waals surface area contributed by atoms with Crippen molar-refractivity contribution in [1.82, 2.24) is 0 Å². The van der Waals surface area contributed by atoms with Crippen LogP contribution in [0.4, 0.5) is 0 Å². The monoisotopic (exact) mass is 117 g/mol. The predicted octanol–water partition coefficient (Wildman–Crippen LogP) is -0.254. The molecule has 0 heterocycles. The molecule has 0 aliphatic rings. The molecule has 4 nitrogen and oxygen atoms in total. The number of carbonyl (C=O) groups is 1. The maximum Gasteiger partial charge on any atom is 0.391 e. The van der Waals surface area contributed by atoms with Crippen molar-refractivity contribution in [3.63, 3.8) is 0 Å². The van der Waals surface area contributed by atoms with Crippen LogP contribution in [0, 0.1) is 0 Å². The molecule has 46 valence electrons. The summed E-state index contributed by atoms with van der Waals surface area (Å²) in [6, 6.07) is 0. The van der Waals surface area contributed by atoms with E-state index in [0.29, 0.717) is 0 Å². The van der Waals surface area contributed by atoms with Crippen LogP contribution in [0.15, 0.2) is 4.99 Å². The van der Waals surface area contributed by atoms with Crippen LogP contribution in [0.2, 0.25) is 0 Å². The van der Waals surface area contributed by atoms with E-state index < -0.39 is 5.97 Å². The van der Waals surface area contributed by atoms with Crippen LogP contribution in [0.1, 0.15) is 0 Å². The second-order valence-electron chi connectivity index (χ2n) is 1.04. The summed E-state index contributed by atoms with van der Waals surface area (Å²) < 4.78 is 4.31. The Hall–Kier alpha value is -1.06. The molecule has 0 fully saturated rings. The van der Waals surface area contributed by atoms with Gasteiger partial charge in [-0.15, -0.1) is 0 Å². The molecule has 0 aliphatic heterocycles. The van der Waals surface area contributed by atoms with Gasteiger partial charge in [0.15, 0.2) is 0 Å². The number of ether oxygens (including phenoxy) is 1. The number of rotatable bonds is 0. The minimum atomic E-state index is -1.14. The maximum absolute atomic E-state index is 9.91. The van der Waals surface area contributed by atoms with Crippen LogP contribution < -0.4 is 0 Å². The summed E-state index contributed by atoms with van der Waals surface area (Å²) >= 11 is 0. The summed E-state index contributed by atoms with van der Waals surface area (Å²) in [6.45, 7) is 0. The fraction of sp³-hybridized carbons (Fsp3) is 0.500. The van der Waals surface area contributed by atoms with Crippen LogP contribution >= 0.6 is 0 Å². The van der Waals surface area contributed by atoms with E-state index in [2.05, 4.69) is 9.73 Å². The van der Waals surface area contributed by atoms with Gasteiger partial charge in [0.2, 0.25) is 0 Å². The summed E-state index contributed by atoms with van der Waals surface area (Å²) in [4.78, 5) is 13.2. The molecule has 0 aliphatic carbocycles. The van der Waals surface area contributed by atoms with Crippen molar-refractivity contribution in [3.05, 3.63) is 0 Å². The number of carboxylic acids is 1. The summed E-state index contributed by atoms with van der Waals surface area (Å²) in [7, 11) is 2.61. The van der Waals surface area contributed by atoms with E-state index in [4.69, 9.17) is 5.11 Å². The fourth-order valence-electron chi connectivity index (χ4n) is 0.274. The summed E-state index contributed by atoms with van der Waals surface area (Å²) in [5.41, 5.74) is 0. The van der Waals surface area contributed by atoms with E-state index in [1.165, 1.54) is 14.2 Å². The molecular formula is C4H7NO3. The van der Waals surface area contributed by atoms with Crippen LogP contribution in [-0.2, 0) is 9.53 Å². The topological polar surface area (TPSA) is 58.9 Å². The average Bonchev–Trinajstić information content (AvgIpc) is 1.69. The maximum atomic E-state index is 9.91. The Labute approximate surface area is 46.8 Å². The molecule has 0 spiro atoms. The molecule has 0 atom stereocenters. The standard InChI is InChI=1S/C4H7NO3/c1-5-3(8-2)4(6)7/h1-2H3,(H,6,7). The van der Waals surface area contributed by atoms with E-state index in [0.717, 1.165) is 0 Å². The van der Waals surface area contributed by atoms with E-state index >= 15 is 0 Å². The number of nitrogens with zero attached hydrogens (tertiary/aromatic N) is 1. The first-order valence-electron chi connectivity index (χ1n) is 1.96. The molecular weight excluding hydrogens is 110 g/mol. The Morgan fingerprint density at radius 1 is 1.75 bits per heavy atom. The average molecular weight is 117 g/mol. The van der Waals surface area contributed by atoms with Crippen molar-refractivity contribution in [2.45, 2.75) is 0 Å². The van der Waals surface area contributed by atoms with Gasteiger partial charge in [0.1, 0.15) is 0 Å². The van der Waals surface area contributed by atoms with Gasteiger partial charge < -0.3 is 9.84 Å². The normalized spacial score (nSPS) is 11.0. The Morgan fingerprint density at radius 2 is 2.25 bits per heavy atom. The van der Waals surface area contributed by atoms with Gasteiger partial charge in [-0.1, -0.05) is 0 Å². The Balaban J connectivity index is 3.92. The number of methoxy groups -OCH3 is 1. The first-order chi connectivity index (χ1) is 3.72. The highest BCUT2D eigenvalue weighted by Gasteiger charge is 2.04. The molecule has 0 aromatic rings. The molecule has 0 unspecified atom stereocenters.